The van der Waals surface area contributed by atoms with Gasteiger partial charge >= 0.3 is 0 Å². The van der Waals surface area contributed by atoms with Crippen LogP contribution in [-0.4, -0.2) is 6.61 Å². The summed E-state index contributed by atoms with van der Waals surface area (Å²) >= 11 is 0. The Morgan fingerprint density at radius 1 is 0.636 bits per heavy atom. The molecule has 0 aliphatic heterocycles. The van der Waals surface area contributed by atoms with Gasteiger partial charge in [-0.1, -0.05) is 77.6 Å². The highest BCUT2D eigenvalue weighted by molar-refractivity contribution is 4.62. The molecule has 0 aliphatic carbocycles. The Labute approximate surface area is 135 Å². The molecule has 0 saturated heterocycles. The van der Waals surface area contributed by atoms with Crippen molar-refractivity contribution in [2.24, 2.45) is 0 Å². The summed E-state index contributed by atoms with van der Waals surface area (Å²) in [6.07, 6.45) is 18.7. The highest BCUT2D eigenvalue weighted by atomic mass is 17.8. The molecule has 0 spiro atoms. The number of unbranched alkanes of at least 4 members (excludes halogenated alkanes) is 11. The van der Waals surface area contributed by atoms with E-state index in [1.54, 1.807) is 13.0 Å². The first-order valence-corrected chi connectivity index (χ1v) is 8.81. The van der Waals surface area contributed by atoms with Crippen molar-refractivity contribution in [1.29, 1.82) is 0 Å². The lowest BCUT2D eigenvalue weighted by Gasteiger charge is -2.03. The molecule has 22 heavy (non-hydrogen) atoms. The predicted octanol–water partition coefficient (Wildman–Crippen LogP) is 5.96. The van der Waals surface area contributed by atoms with Crippen LogP contribution in [-0.2, 0) is 24.9 Å². The minimum atomic E-state index is 0.490. The van der Waals surface area contributed by atoms with Gasteiger partial charge in [0.15, 0.2) is 0 Å². The summed E-state index contributed by atoms with van der Waals surface area (Å²) < 4.78 is 0. The summed E-state index contributed by atoms with van der Waals surface area (Å²) in [5.41, 5.74) is 0. The van der Waals surface area contributed by atoms with Gasteiger partial charge in [-0.2, -0.15) is 0 Å². The second kappa shape index (κ2) is 20.4. The van der Waals surface area contributed by atoms with Gasteiger partial charge in [0.05, 0.1) is 6.61 Å². The molecule has 0 rings (SSSR count). The largest absolute Gasteiger partial charge is 0.314 e. The molecule has 0 radical (unpaired) electrons. The van der Waals surface area contributed by atoms with Crippen molar-refractivity contribution in [2.75, 3.05) is 6.61 Å². The molecule has 0 unspecified atom stereocenters. The lowest BCUT2D eigenvalue weighted by molar-refractivity contribution is -0.700. The summed E-state index contributed by atoms with van der Waals surface area (Å²) in [5, 5.41) is 12.6. The Balaban J connectivity index is 2.94. The van der Waals surface area contributed by atoms with Gasteiger partial charge in [0.1, 0.15) is 6.26 Å². The molecule has 5 nitrogen and oxygen atoms in total. The maximum absolute atomic E-state index is 4.75. The molecule has 132 valence electrons. The molecule has 0 saturated carbocycles. The van der Waals surface area contributed by atoms with Gasteiger partial charge in [-0.05, 0) is 24.5 Å². The van der Waals surface area contributed by atoms with Crippen LogP contribution in [0.5, 0.6) is 0 Å². The van der Waals surface area contributed by atoms with Crippen LogP contribution >= 0.6 is 0 Å². The fourth-order valence-electron chi connectivity index (χ4n) is 2.16. The van der Waals surface area contributed by atoms with E-state index in [0.29, 0.717) is 6.61 Å². The van der Waals surface area contributed by atoms with Crippen molar-refractivity contribution in [3.63, 3.8) is 0 Å². The molecule has 0 aromatic heterocycles. The molecule has 0 bridgehead atoms. The Morgan fingerprint density at radius 3 is 1.73 bits per heavy atom. The smallest absolute Gasteiger partial charge is 0.128 e. The van der Waals surface area contributed by atoms with Gasteiger partial charge in [0.2, 0.25) is 0 Å². The quantitative estimate of drug-likeness (QED) is 0.135. The van der Waals surface area contributed by atoms with Crippen LogP contribution in [0.2, 0.25) is 0 Å². The molecular weight excluding hydrogens is 284 g/mol. The SMILES string of the molecule is CC=COOOOOCCCCCCCCCCCCCC. The summed E-state index contributed by atoms with van der Waals surface area (Å²) in [5.74, 6) is 0. The van der Waals surface area contributed by atoms with Crippen LogP contribution in [0.15, 0.2) is 12.3 Å². The normalized spacial score (nSPS) is 11.4. The van der Waals surface area contributed by atoms with Crippen molar-refractivity contribution in [3.05, 3.63) is 12.3 Å². The van der Waals surface area contributed by atoms with Crippen molar-refractivity contribution < 1.29 is 24.9 Å². The van der Waals surface area contributed by atoms with Crippen molar-refractivity contribution in [2.45, 2.75) is 90.9 Å². The van der Waals surface area contributed by atoms with E-state index in [1.165, 1.54) is 70.5 Å². The van der Waals surface area contributed by atoms with E-state index in [-0.39, 0.29) is 0 Å². The van der Waals surface area contributed by atoms with Crippen LogP contribution in [0.1, 0.15) is 90.9 Å². The number of rotatable bonds is 18. The Kier molecular flexibility index (Phi) is 19.8. The molecule has 0 aromatic carbocycles. The summed E-state index contributed by atoms with van der Waals surface area (Å²) in [6.45, 7) is 4.54. The topological polar surface area (TPSA) is 46.2 Å². The second-order valence-corrected chi connectivity index (χ2v) is 5.48. The number of hydrogen-bond acceptors (Lipinski definition) is 5. The maximum Gasteiger partial charge on any atom is 0.128 e. The van der Waals surface area contributed by atoms with Crippen molar-refractivity contribution in [1.82, 2.24) is 0 Å². The summed E-state index contributed by atoms with van der Waals surface area (Å²) in [6, 6.07) is 0. The molecule has 0 aliphatic rings. The van der Waals surface area contributed by atoms with Crippen molar-refractivity contribution >= 4 is 0 Å². The number of allylic oxidation sites excluding steroid dienone is 1. The zero-order valence-electron chi connectivity index (χ0n) is 14.4. The first-order valence-electron chi connectivity index (χ1n) is 8.81. The fourth-order valence-corrected chi connectivity index (χ4v) is 2.16. The molecule has 0 aromatic rings. The average Bonchev–Trinajstić information content (AvgIpc) is 2.54. The van der Waals surface area contributed by atoms with Gasteiger partial charge in [-0.15, -0.1) is 0 Å². The maximum atomic E-state index is 4.75. The molecule has 0 atom stereocenters. The third-order valence-electron chi connectivity index (χ3n) is 3.42. The van der Waals surface area contributed by atoms with E-state index in [9.17, 15) is 0 Å². The first kappa shape index (κ1) is 21.4. The van der Waals surface area contributed by atoms with Gasteiger partial charge < -0.3 is 4.89 Å². The van der Waals surface area contributed by atoms with E-state index in [2.05, 4.69) is 26.9 Å². The molecule has 0 amide bonds. The van der Waals surface area contributed by atoms with Crippen LogP contribution in [0.3, 0.4) is 0 Å². The van der Waals surface area contributed by atoms with Crippen molar-refractivity contribution in [3.8, 4) is 0 Å². The lowest BCUT2D eigenvalue weighted by atomic mass is 10.1. The molecular formula is C17H34O5. The van der Waals surface area contributed by atoms with Crippen LogP contribution < -0.4 is 0 Å². The monoisotopic (exact) mass is 318 g/mol. The molecule has 0 fully saturated rings. The first-order chi connectivity index (χ1) is 10.9. The minimum Gasteiger partial charge on any atom is -0.314 e. The third kappa shape index (κ3) is 19.4. The second-order valence-electron chi connectivity index (χ2n) is 5.48. The van der Waals surface area contributed by atoms with Gasteiger partial charge in [-0.25, -0.2) is 4.89 Å². The zero-order valence-corrected chi connectivity index (χ0v) is 14.4. The zero-order chi connectivity index (χ0) is 16.1. The highest BCUT2D eigenvalue weighted by Crippen LogP contribution is 2.11. The van der Waals surface area contributed by atoms with E-state index >= 15 is 0 Å². The molecule has 0 N–H and O–H groups in total. The van der Waals surface area contributed by atoms with E-state index in [1.807, 2.05) is 0 Å². The molecule has 0 heterocycles. The van der Waals surface area contributed by atoms with E-state index in [4.69, 9.17) is 4.89 Å². The van der Waals surface area contributed by atoms with Gasteiger partial charge in [0, 0.05) is 10.1 Å². The van der Waals surface area contributed by atoms with E-state index < -0.39 is 0 Å². The fraction of sp³-hybridized carbons (Fsp3) is 0.882. The van der Waals surface area contributed by atoms with Crippen LogP contribution in [0, 0.1) is 0 Å². The van der Waals surface area contributed by atoms with Crippen LogP contribution in [0.25, 0.3) is 0 Å². The van der Waals surface area contributed by atoms with Gasteiger partial charge in [-0.3, -0.25) is 0 Å². The highest BCUT2D eigenvalue weighted by Gasteiger charge is 1.95. The van der Waals surface area contributed by atoms with Crippen LogP contribution in [0.4, 0.5) is 0 Å². The summed E-state index contributed by atoms with van der Waals surface area (Å²) in [7, 11) is 0. The Bertz CT molecular complexity index is 221. The minimum absolute atomic E-state index is 0.490. The van der Waals surface area contributed by atoms with Gasteiger partial charge in [0.25, 0.3) is 0 Å². The Hall–Kier alpha value is -0.620. The summed E-state index contributed by atoms with van der Waals surface area (Å²) in [4.78, 5) is 9.15. The standard InChI is InChI=1S/C17H34O5/c1-3-5-6-7-8-9-10-11-12-13-14-15-17-19-21-22-20-18-16-4-2/h4,16H,3,5-15,17H2,1-2H3. The third-order valence-corrected chi connectivity index (χ3v) is 3.42. The Morgan fingerprint density at radius 2 is 1.18 bits per heavy atom. The average molecular weight is 318 g/mol. The molecule has 5 heteroatoms. The predicted molar refractivity (Wildman–Crippen MR) is 86.2 cm³/mol. The van der Waals surface area contributed by atoms with E-state index in [0.717, 1.165) is 12.8 Å². The lowest BCUT2D eigenvalue weighted by Crippen LogP contribution is -1.99. The number of hydrogen-bond donors (Lipinski definition) is 0.